The molecule has 20 heavy (non-hydrogen) atoms. The van der Waals surface area contributed by atoms with Gasteiger partial charge in [-0.15, -0.1) is 0 Å². The normalized spacial score (nSPS) is 11.3. The predicted molar refractivity (Wildman–Crippen MR) is 71.9 cm³/mol. The molecule has 0 aliphatic rings. The minimum absolute atomic E-state index is 0.0222. The van der Waals surface area contributed by atoms with Gasteiger partial charge in [0.25, 0.3) is 15.7 Å². The Bertz CT molecular complexity index is 753. The number of rotatable bonds is 4. The Kier molecular flexibility index (Phi) is 3.45. The van der Waals surface area contributed by atoms with Crippen LogP contribution in [0.5, 0.6) is 0 Å². The van der Waals surface area contributed by atoms with Crippen molar-refractivity contribution >= 4 is 21.4 Å². The number of nitro benzene ring substituents is 1. The zero-order valence-corrected chi connectivity index (χ0v) is 11.6. The van der Waals surface area contributed by atoms with Crippen LogP contribution in [0.15, 0.2) is 41.6 Å². The lowest BCUT2D eigenvalue weighted by molar-refractivity contribution is -0.384. The van der Waals surface area contributed by atoms with Crippen molar-refractivity contribution in [3.8, 4) is 0 Å². The van der Waals surface area contributed by atoms with E-state index in [4.69, 9.17) is 0 Å². The second-order valence-electron chi connectivity index (χ2n) is 4.10. The molecule has 0 saturated carbocycles. The SMILES string of the molecule is CN(c1cccc([N+](=O)[O-])c1)S(=O)(=O)c1cnn(C)c1. The van der Waals surface area contributed by atoms with Gasteiger partial charge in [0.15, 0.2) is 0 Å². The Morgan fingerprint density at radius 2 is 2.10 bits per heavy atom. The Morgan fingerprint density at radius 1 is 1.40 bits per heavy atom. The molecular formula is C11H12N4O4S. The van der Waals surface area contributed by atoms with Gasteiger partial charge < -0.3 is 0 Å². The van der Waals surface area contributed by atoms with E-state index in [1.165, 1.54) is 48.4 Å². The summed E-state index contributed by atoms with van der Waals surface area (Å²) < 4.78 is 27.0. The molecule has 1 aromatic carbocycles. The van der Waals surface area contributed by atoms with Crippen LogP contribution in [-0.2, 0) is 17.1 Å². The summed E-state index contributed by atoms with van der Waals surface area (Å²) in [4.78, 5) is 10.2. The van der Waals surface area contributed by atoms with Crippen molar-refractivity contribution in [3.05, 3.63) is 46.8 Å². The van der Waals surface area contributed by atoms with E-state index in [1.54, 1.807) is 7.05 Å². The number of hydrogen-bond donors (Lipinski definition) is 0. The number of nitrogens with zero attached hydrogens (tertiary/aromatic N) is 4. The van der Waals surface area contributed by atoms with Crippen LogP contribution in [-0.4, -0.2) is 30.2 Å². The van der Waals surface area contributed by atoms with E-state index in [2.05, 4.69) is 5.10 Å². The Morgan fingerprint density at radius 3 is 2.65 bits per heavy atom. The summed E-state index contributed by atoms with van der Waals surface area (Å²) in [5.74, 6) is 0. The van der Waals surface area contributed by atoms with Gasteiger partial charge in [0.05, 0.1) is 16.8 Å². The number of hydrogen-bond acceptors (Lipinski definition) is 5. The summed E-state index contributed by atoms with van der Waals surface area (Å²) in [5, 5.41) is 14.5. The highest BCUT2D eigenvalue weighted by Gasteiger charge is 2.23. The molecule has 0 aliphatic heterocycles. The molecular weight excluding hydrogens is 284 g/mol. The Balaban J connectivity index is 2.43. The van der Waals surface area contributed by atoms with Gasteiger partial charge in [-0.1, -0.05) is 6.07 Å². The fraction of sp³-hybridized carbons (Fsp3) is 0.182. The van der Waals surface area contributed by atoms with Crippen molar-refractivity contribution in [2.24, 2.45) is 7.05 Å². The van der Waals surface area contributed by atoms with Gasteiger partial charge >= 0.3 is 0 Å². The van der Waals surface area contributed by atoms with E-state index < -0.39 is 14.9 Å². The number of aromatic nitrogens is 2. The first-order valence-electron chi connectivity index (χ1n) is 5.54. The highest BCUT2D eigenvalue weighted by molar-refractivity contribution is 7.92. The number of aryl methyl sites for hydroxylation is 1. The summed E-state index contributed by atoms with van der Waals surface area (Å²) in [5.41, 5.74) is 0.0405. The lowest BCUT2D eigenvalue weighted by Gasteiger charge is -2.18. The van der Waals surface area contributed by atoms with Crippen LogP contribution in [0, 0.1) is 10.1 Å². The van der Waals surface area contributed by atoms with Gasteiger partial charge in [0.1, 0.15) is 4.90 Å². The van der Waals surface area contributed by atoms with Crippen LogP contribution in [0.2, 0.25) is 0 Å². The van der Waals surface area contributed by atoms with Crippen molar-refractivity contribution < 1.29 is 13.3 Å². The van der Waals surface area contributed by atoms with Crippen LogP contribution in [0.3, 0.4) is 0 Å². The number of nitro groups is 1. The summed E-state index contributed by atoms with van der Waals surface area (Å²) >= 11 is 0. The lowest BCUT2D eigenvalue weighted by Crippen LogP contribution is -2.26. The summed E-state index contributed by atoms with van der Waals surface area (Å²) in [7, 11) is -0.848. The van der Waals surface area contributed by atoms with Crippen molar-refractivity contribution in [1.82, 2.24) is 9.78 Å². The third-order valence-electron chi connectivity index (χ3n) is 2.74. The standard InChI is InChI=1S/C11H12N4O4S/c1-13-8-11(7-12-13)20(18,19)14(2)9-4-3-5-10(6-9)15(16)17/h3-8H,1-2H3. The number of benzene rings is 1. The molecule has 1 heterocycles. The molecule has 0 radical (unpaired) electrons. The van der Waals surface area contributed by atoms with Crippen molar-refractivity contribution in [2.45, 2.75) is 4.90 Å². The maximum absolute atomic E-state index is 12.3. The lowest BCUT2D eigenvalue weighted by atomic mass is 10.3. The number of non-ortho nitro benzene ring substituents is 1. The molecule has 9 heteroatoms. The van der Waals surface area contributed by atoms with E-state index in [0.29, 0.717) is 0 Å². The molecule has 2 aromatic rings. The van der Waals surface area contributed by atoms with Crippen molar-refractivity contribution in [2.75, 3.05) is 11.4 Å². The predicted octanol–water partition coefficient (Wildman–Crippen LogP) is 1.15. The molecule has 106 valence electrons. The van der Waals surface area contributed by atoms with Gasteiger partial charge in [-0.25, -0.2) is 8.42 Å². The van der Waals surface area contributed by atoms with E-state index in [-0.39, 0.29) is 16.3 Å². The molecule has 0 unspecified atom stereocenters. The molecule has 0 atom stereocenters. The monoisotopic (exact) mass is 296 g/mol. The molecule has 0 bridgehead atoms. The van der Waals surface area contributed by atoms with Gasteiger partial charge in [-0.3, -0.25) is 19.1 Å². The van der Waals surface area contributed by atoms with Crippen LogP contribution in [0.25, 0.3) is 0 Å². The minimum atomic E-state index is -3.79. The number of sulfonamides is 1. The fourth-order valence-corrected chi connectivity index (χ4v) is 2.80. The quantitative estimate of drug-likeness (QED) is 0.622. The first-order chi connectivity index (χ1) is 9.32. The zero-order chi connectivity index (χ0) is 14.9. The third kappa shape index (κ3) is 2.48. The molecule has 1 aromatic heterocycles. The second kappa shape index (κ2) is 4.93. The highest BCUT2D eigenvalue weighted by Crippen LogP contribution is 2.25. The average molecular weight is 296 g/mol. The molecule has 2 rings (SSSR count). The largest absolute Gasteiger partial charge is 0.274 e. The molecule has 0 amide bonds. The summed E-state index contributed by atoms with van der Waals surface area (Å²) in [6, 6.07) is 5.42. The first-order valence-corrected chi connectivity index (χ1v) is 6.98. The van der Waals surface area contributed by atoms with Gasteiger partial charge in [0, 0.05) is 32.4 Å². The maximum atomic E-state index is 12.3. The Hall–Kier alpha value is -2.42. The van der Waals surface area contributed by atoms with Crippen LogP contribution < -0.4 is 4.31 Å². The van der Waals surface area contributed by atoms with Crippen LogP contribution in [0.1, 0.15) is 0 Å². The maximum Gasteiger partial charge on any atom is 0.271 e. The smallest absolute Gasteiger partial charge is 0.271 e. The fourth-order valence-electron chi connectivity index (χ4n) is 1.63. The molecule has 0 saturated heterocycles. The second-order valence-corrected chi connectivity index (χ2v) is 6.07. The molecule has 0 spiro atoms. The van der Waals surface area contributed by atoms with Crippen LogP contribution in [0.4, 0.5) is 11.4 Å². The third-order valence-corrected chi connectivity index (χ3v) is 4.48. The molecule has 0 fully saturated rings. The minimum Gasteiger partial charge on any atom is -0.274 e. The van der Waals surface area contributed by atoms with Gasteiger partial charge in [-0.2, -0.15) is 5.10 Å². The zero-order valence-electron chi connectivity index (χ0n) is 10.8. The van der Waals surface area contributed by atoms with E-state index >= 15 is 0 Å². The van der Waals surface area contributed by atoms with Crippen LogP contribution >= 0.6 is 0 Å². The van der Waals surface area contributed by atoms with Crippen molar-refractivity contribution in [1.29, 1.82) is 0 Å². The molecule has 0 aliphatic carbocycles. The average Bonchev–Trinajstić information content (AvgIpc) is 2.85. The topological polar surface area (TPSA) is 98.3 Å². The van der Waals surface area contributed by atoms with E-state index in [1.807, 2.05) is 0 Å². The highest BCUT2D eigenvalue weighted by atomic mass is 32.2. The Labute approximate surface area is 115 Å². The number of anilines is 1. The molecule has 0 N–H and O–H groups in total. The first kappa shape index (κ1) is 14.0. The summed E-state index contributed by atoms with van der Waals surface area (Å²) in [6.07, 6.45) is 2.59. The summed E-state index contributed by atoms with van der Waals surface area (Å²) in [6.45, 7) is 0. The van der Waals surface area contributed by atoms with Gasteiger partial charge in [-0.05, 0) is 6.07 Å². The van der Waals surface area contributed by atoms with Crippen molar-refractivity contribution in [3.63, 3.8) is 0 Å². The molecule has 8 nitrogen and oxygen atoms in total. The van der Waals surface area contributed by atoms with E-state index in [0.717, 1.165) is 4.31 Å². The van der Waals surface area contributed by atoms with Gasteiger partial charge in [0.2, 0.25) is 0 Å². The van der Waals surface area contributed by atoms with E-state index in [9.17, 15) is 18.5 Å².